The van der Waals surface area contributed by atoms with Gasteiger partial charge in [-0.2, -0.15) is 0 Å². The third-order valence-electron chi connectivity index (χ3n) is 3.63. The Labute approximate surface area is 122 Å². The van der Waals surface area contributed by atoms with Crippen molar-refractivity contribution in [3.8, 4) is 0 Å². The number of hydrogen-bond acceptors (Lipinski definition) is 3. The highest BCUT2D eigenvalue weighted by molar-refractivity contribution is 6.31. The number of benzene rings is 1. The average molecular weight is 301 g/mol. The first-order valence-electron chi connectivity index (χ1n) is 6.69. The van der Waals surface area contributed by atoms with Crippen LogP contribution in [-0.2, 0) is 4.79 Å². The Morgan fingerprint density at radius 2 is 2.30 bits per heavy atom. The van der Waals surface area contributed by atoms with E-state index in [1.807, 2.05) is 11.8 Å². The fourth-order valence-corrected chi connectivity index (χ4v) is 2.75. The number of carbonyl (C=O) groups excluding carboxylic acids is 1. The third kappa shape index (κ3) is 2.95. The first-order valence-corrected chi connectivity index (χ1v) is 7.07. The van der Waals surface area contributed by atoms with Crippen LogP contribution in [0.1, 0.15) is 13.3 Å². The molecule has 6 heteroatoms. The molecule has 1 aromatic carbocycles. The summed E-state index contributed by atoms with van der Waals surface area (Å²) in [5, 5.41) is 9.05. The van der Waals surface area contributed by atoms with E-state index in [9.17, 15) is 9.18 Å². The van der Waals surface area contributed by atoms with Gasteiger partial charge in [-0.1, -0.05) is 18.5 Å². The second-order valence-corrected chi connectivity index (χ2v) is 5.15. The summed E-state index contributed by atoms with van der Waals surface area (Å²) < 4.78 is 13.2. The summed E-state index contributed by atoms with van der Waals surface area (Å²) in [7, 11) is 0. The van der Waals surface area contributed by atoms with Crippen molar-refractivity contribution in [2.75, 3.05) is 31.1 Å². The predicted octanol–water partition coefficient (Wildman–Crippen LogP) is 1.90. The maximum atomic E-state index is 13.2. The predicted molar refractivity (Wildman–Crippen MR) is 76.5 cm³/mol. The molecule has 1 amide bonds. The summed E-state index contributed by atoms with van der Waals surface area (Å²) in [5.41, 5.74) is 0.615. The van der Waals surface area contributed by atoms with Gasteiger partial charge in [0.1, 0.15) is 5.82 Å². The Morgan fingerprint density at radius 1 is 1.55 bits per heavy atom. The third-order valence-corrected chi connectivity index (χ3v) is 3.92. The van der Waals surface area contributed by atoms with Crippen molar-refractivity contribution < 1.29 is 14.3 Å². The fraction of sp³-hybridized carbons (Fsp3) is 0.500. The minimum Gasteiger partial charge on any atom is -0.395 e. The smallest absolute Gasteiger partial charge is 0.244 e. The number of halogens is 2. The maximum Gasteiger partial charge on any atom is 0.244 e. The zero-order valence-electron chi connectivity index (χ0n) is 11.4. The molecular weight excluding hydrogens is 283 g/mol. The molecule has 1 atom stereocenters. The summed E-state index contributed by atoms with van der Waals surface area (Å²) in [4.78, 5) is 16.0. The van der Waals surface area contributed by atoms with Gasteiger partial charge in [-0.05, 0) is 31.2 Å². The van der Waals surface area contributed by atoms with Gasteiger partial charge in [0.2, 0.25) is 5.91 Å². The van der Waals surface area contributed by atoms with Gasteiger partial charge in [0.25, 0.3) is 0 Å². The Kier molecular flexibility index (Phi) is 4.96. The van der Waals surface area contributed by atoms with Gasteiger partial charge in [-0.3, -0.25) is 9.69 Å². The van der Waals surface area contributed by atoms with E-state index in [0.717, 1.165) is 0 Å². The van der Waals surface area contributed by atoms with Crippen LogP contribution in [0.3, 0.4) is 0 Å². The highest BCUT2D eigenvalue weighted by Crippen LogP contribution is 2.27. The number of aliphatic hydroxyl groups is 1. The first-order chi connectivity index (χ1) is 9.58. The van der Waals surface area contributed by atoms with Crippen molar-refractivity contribution in [3.05, 3.63) is 29.0 Å². The van der Waals surface area contributed by atoms with E-state index in [1.165, 1.54) is 12.1 Å². The van der Waals surface area contributed by atoms with Gasteiger partial charge in [0, 0.05) is 18.8 Å². The molecule has 0 saturated carbocycles. The molecule has 1 aromatic rings. The monoisotopic (exact) mass is 300 g/mol. The van der Waals surface area contributed by atoms with E-state index >= 15 is 0 Å². The van der Waals surface area contributed by atoms with Crippen LogP contribution in [0.5, 0.6) is 0 Å². The van der Waals surface area contributed by atoms with E-state index in [1.54, 1.807) is 11.0 Å². The number of aliphatic hydroxyl groups excluding tert-OH is 1. The molecule has 1 unspecified atom stereocenters. The highest BCUT2D eigenvalue weighted by atomic mass is 35.5. The Balaban J connectivity index is 2.16. The zero-order chi connectivity index (χ0) is 14.7. The van der Waals surface area contributed by atoms with Gasteiger partial charge < -0.3 is 10.0 Å². The topological polar surface area (TPSA) is 43.8 Å². The molecule has 0 bridgehead atoms. The molecule has 20 heavy (non-hydrogen) atoms. The number of rotatable bonds is 5. The van der Waals surface area contributed by atoms with Crippen molar-refractivity contribution >= 4 is 23.2 Å². The van der Waals surface area contributed by atoms with Crippen LogP contribution in [0.2, 0.25) is 5.02 Å². The van der Waals surface area contributed by atoms with Crippen LogP contribution in [0.15, 0.2) is 18.2 Å². The number of hydrogen-bond donors (Lipinski definition) is 1. The van der Waals surface area contributed by atoms with E-state index in [-0.39, 0.29) is 23.6 Å². The lowest BCUT2D eigenvalue weighted by Gasteiger charge is -2.25. The molecule has 0 aliphatic carbocycles. The minimum absolute atomic E-state index is 0.0152. The van der Waals surface area contributed by atoms with Crippen LogP contribution in [-0.4, -0.2) is 48.2 Å². The van der Waals surface area contributed by atoms with Crippen LogP contribution < -0.4 is 4.90 Å². The largest absolute Gasteiger partial charge is 0.395 e. The van der Waals surface area contributed by atoms with Crippen LogP contribution >= 0.6 is 11.6 Å². The number of carbonyl (C=O) groups is 1. The Hall–Kier alpha value is -1.17. The second kappa shape index (κ2) is 6.52. The van der Waals surface area contributed by atoms with Crippen molar-refractivity contribution in [1.82, 2.24) is 4.90 Å². The van der Waals surface area contributed by atoms with E-state index in [0.29, 0.717) is 31.7 Å². The van der Waals surface area contributed by atoms with Gasteiger partial charge in [0.05, 0.1) is 17.7 Å². The molecule has 1 aliphatic heterocycles. The number of likely N-dealkylation sites (N-methyl/N-ethyl adjacent to an activating group) is 1. The molecule has 0 radical (unpaired) electrons. The van der Waals surface area contributed by atoms with E-state index in [4.69, 9.17) is 16.7 Å². The van der Waals surface area contributed by atoms with Gasteiger partial charge >= 0.3 is 0 Å². The maximum absolute atomic E-state index is 13.2. The summed E-state index contributed by atoms with van der Waals surface area (Å²) in [6.45, 7) is 3.74. The van der Waals surface area contributed by atoms with Crippen LogP contribution in [0, 0.1) is 5.82 Å². The molecule has 1 aliphatic rings. The van der Waals surface area contributed by atoms with Gasteiger partial charge in [-0.25, -0.2) is 4.39 Å². The number of amides is 1. The van der Waals surface area contributed by atoms with Crippen molar-refractivity contribution in [2.45, 2.75) is 19.4 Å². The van der Waals surface area contributed by atoms with E-state index < -0.39 is 5.82 Å². The molecule has 2 rings (SSSR count). The number of anilines is 1. The lowest BCUT2D eigenvalue weighted by Crippen LogP contribution is -2.43. The first kappa shape index (κ1) is 15.2. The summed E-state index contributed by atoms with van der Waals surface area (Å²) in [5.74, 6) is -0.517. The van der Waals surface area contributed by atoms with Gasteiger partial charge in [-0.15, -0.1) is 0 Å². The van der Waals surface area contributed by atoms with Crippen molar-refractivity contribution in [1.29, 1.82) is 0 Å². The standard InChI is InChI=1S/C14H18ClFN2O2/c1-2-17(7-8-19)13-5-6-18(14(13)20)10-3-4-12(16)11(15)9-10/h3-4,9,13,19H,2,5-8H2,1H3. The van der Waals surface area contributed by atoms with Crippen molar-refractivity contribution in [2.24, 2.45) is 0 Å². The molecule has 0 aromatic heterocycles. The molecule has 110 valence electrons. The van der Waals surface area contributed by atoms with Crippen LogP contribution in [0.25, 0.3) is 0 Å². The SMILES string of the molecule is CCN(CCO)C1CCN(c2ccc(F)c(Cl)c2)C1=O. The average Bonchev–Trinajstić information content (AvgIpc) is 2.81. The molecule has 0 spiro atoms. The summed E-state index contributed by atoms with van der Waals surface area (Å²) in [6, 6.07) is 4.07. The fourth-order valence-electron chi connectivity index (χ4n) is 2.58. The van der Waals surface area contributed by atoms with Crippen molar-refractivity contribution in [3.63, 3.8) is 0 Å². The summed E-state index contributed by atoms with van der Waals surface area (Å²) >= 11 is 5.76. The normalized spacial score (nSPS) is 19.1. The molecule has 1 saturated heterocycles. The summed E-state index contributed by atoms with van der Waals surface area (Å²) in [6.07, 6.45) is 0.696. The Bertz CT molecular complexity index is 498. The zero-order valence-corrected chi connectivity index (χ0v) is 12.1. The molecule has 1 fully saturated rings. The van der Waals surface area contributed by atoms with Crippen LogP contribution in [0.4, 0.5) is 10.1 Å². The van der Waals surface area contributed by atoms with Gasteiger partial charge in [0.15, 0.2) is 0 Å². The molecule has 1 N–H and O–H groups in total. The molecule has 1 heterocycles. The minimum atomic E-state index is -0.492. The molecular formula is C14H18ClFN2O2. The lowest BCUT2D eigenvalue weighted by atomic mass is 10.2. The molecule has 4 nitrogen and oxygen atoms in total. The Morgan fingerprint density at radius 3 is 2.90 bits per heavy atom. The van der Waals surface area contributed by atoms with E-state index in [2.05, 4.69) is 0 Å². The quantitative estimate of drug-likeness (QED) is 0.903. The highest BCUT2D eigenvalue weighted by Gasteiger charge is 2.35. The lowest BCUT2D eigenvalue weighted by molar-refractivity contribution is -0.121. The second-order valence-electron chi connectivity index (χ2n) is 4.74. The number of nitrogens with zero attached hydrogens (tertiary/aromatic N) is 2.